The summed E-state index contributed by atoms with van der Waals surface area (Å²) in [5.41, 5.74) is 0.373. The van der Waals surface area contributed by atoms with E-state index in [4.69, 9.17) is 14.5 Å². The molecule has 8 heteroatoms. The van der Waals surface area contributed by atoms with Gasteiger partial charge >= 0.3 is 0 Å². The molecule has 0 spiro atoms. The predicted octanol–water partition coefficient (Wildman–Crippen LogP) is 0.678. The van der Waals surface area contributed by atoms with Crippen LogP contribution in [-0.2, 0) is 18.4 Å². The Labute approximate surface area is 108 Å². The van der Waals surface area contributed by atoms with Gasteiger partial charge in [-0.2, -0.15) is 10.4 Å². The Kier molecular flexibility index (Phi) is 3.58. The number of nitrogens with zero attached hydrogens (tertiary/aromatic N) is 4. The van der Waals surface area contributed by atoms with E-state index in [-0.39, 0.29) is 23.7 Å². The molecule has 2 aromatic heterocycles. The van der Waals surface area contributed by atoms with Crippen LogP contribution in [0.4, 0.5) is 5.82 Å². The molecule has 0 fully saturated rings. The van der Waals surface area contributed by atoms with E-state index in [0.29, 0.717) is 5.76 Å². The number of ether oxygens (including phenoxy) is 1. The standard InChI is InChI=1S/C11H11N5O3/c1-16-5-7(4-12)10(14-16)13-11(17)9-3-8(6-18-2)19-15-9/h3,5H,6H2,1-2H3,(H,13,14,17). The number of carbonyl (C=O) groups is 1. The van der Waals surface area contributed by atoms with Gasteiger partial charge in [-0.3, -0.25) is 9.48 Å². The Morgan fingerprint density at radius 2 is 2.47 bits per heavy atom. The molecular formula is C11H11N5O3. The molecule has 8 nitrogen and oxygen atoms in total. The van der Waals surface area contributed by atoms with Crippen LogP contribution in [0.25, 0.3) is 0 Å². The minimum Gasteiger partial charge on any atom is -0.377 e. The summed E-state index contributed by atoms with van der Waals surface area (Å²) in [6.07, 6.45) is 1.51. The number of methoxy groups -OCH3 is 1. The van der Waals surface area contributed by atoms with Crippen molar-refractivity contribution in [3.63, 3.8) is 0 Å². The first-order valence-corrected chi connectivity index (χ1v) is 5.33. The van der Waals surface area contributed by atoms with Crippen molar-refractivity contribution in [1.82, 2.24) is 14.9 Å². The third-order valence-electron chi connectivity index (χ3n) is 2.26. The largest absolute Gasteiger partial charge is 0.377 e. The Bertz CT molecular complexity index is 637. The van der Waals surface area contributed by atoms with Gasteiger partial charge < -0.3 is 14.6 Å². The highest BCUT2D eigenvalue weighted by Crippen LogP contribution is 2.13. The van der Waals surface area contributed by atoms with E-state index >= 15 is 0 Å². The minimum atomic E-state index is -0.499. The molecule has 0 aliphatic carbocycles. The van der Waals surface area contributed by atoms with E-state index < -0.39 is 5.91 Å². The van der Waals surface area contributed by atoms with Gasteiger partial charge in [0.1, 0.15) is 18.2 Å². The number of anilines is 1. The van der Waals surface area contributed by atoms with Gasteiger partial charge in [-0.05, 0) is 0 Å². The number of carbonyl (C=O) groups excluding carboxylic acids is 1. The first-order chi connectivity index (χ1) is 9.13. The van der Waals surface area contributed by atoms with Crippen molar-refractivity contribution >= 4 is 11.7 Å². The second-order valence-electron chi connectivity index (χ2n) is 3.74. The highest BCUT2D eigenvalue weighted by Gasteiger charge is 2.16. The zero-order valence-corrected chi connectivity index (χ0v) is 10.4. The highest BCUT2D eigenvalue weighted by molar-refractivity contribution is 6.02. The number of nitrogens with one attached hydrogen (secondary N) is 1. The van der Waals surface area contributed by atoms with Crippen molar-refractivity contribution in [3.8, 4) is 6.07 Å². The third-order valence-corrected chi connectivity index (χ3v) is 2.26. The molecule has 1 N–H and O–H groups in total. The van der Waals surface area contributed by atoms with E-state index in [9.17, 15) is 4.79 Å². The van der Waals surface area contributed by atoms with Crippen LogP contribution in [0, 0.1) is 11.3 Å². The van der Waals surface area contributed by atoms with E-state index in [1.165, 1.54) is 24.1 Å². The molecule has 19 heavy (non-hydrogen) atoms. The van der Waals surface area contributed by atoms with Crippen molar-refractivity contribution in [2.24, 2.45) is 7.05 Å². The summed E-state index contributed by atoms with van der Waals surface area (Å²) in [7, 11) is 3.17. The van der Waals surface area contributed by atoms with Crippen LogP contribution in [0.3, 0.4) is 0 Å². The van der Waals surface area contributed by atoms with Gasteiger partial charge in [0.05, 0.1) is 0 Å². The van der Waals surface area contributed by atoms with E-state index in [0.717, 1.165) is 0 Å². The molecule has 0 saturated carbocycles. The summed E-state index contributed by atoms with van der Waals surface area (Å²) >= 11 is 0. The molecule has 2 rings (SSSR count). The zero-order chi connectivity index (χ0) is 13.8. The summed E-state index contributed by atoms with van der Waals surface area (Å²) in [5, 5.41) is 19.0. The average molecular weight is 261 g/mol. The lowest BCUT2D eigenvalue weighted by Gasteiger charge is -1.97. The molecular weight excluding hydrogens is 250 g/mol. The van der Waals surface area contributed by atoms with Crippen LogP contribution in [0.2, 0.25) is 0 Å². The second-order valence-corrected chi connectivity index (χ2v) is 3.74. The maximum Gasteiger partial charge on any atom is 0.279 e. The molecule has 2 heterocycles. The fourth-order valence-corrected chi connectivity index (χ4v) is 1.46. The highest BCUT2D eigenvalue weighted by atomic mass is 16.5. The van der Waals surface area contributed by atoms with Gasteiger partial charge in [-0.15, -0.1) is 0 Å². The maximum atomic E-state index is 11.9. The predicted molar refractivity (Wildman–Crippen MR) is 63.1 cm³/mol. The Morgan fingerprint density at radius 1 is 1.68 bits per heavy atom. The quantitative estimate of drug-likeness (QED) is 0.867. The van der Waals surface area contributed by atoms with Crippen molar-refractivity contribution in [3.05, 3.63) is 29.3 Å². The third kappa shape index (κ3) is 2.78. The van der Waals surface area contributed by atoms with E-state index in [1.807, 2.05) is 6.07 Å². The van der Waals surface area contributed by atoms with Gasteiger partial charge in [-0.1, -0.05) is 5.16 Å². The van der Waals surface area contributed by atoms with Crippen LogP contribution in [-0.4, -0.2) is 28.0 Å². The van der Waals surface area contributed by atoms with Crippen LogP contribution in [0.1, 0.15) is 21.8 Å². The van der Waals surface area contributed by atoms with Gasteiger partial charge in [0.15, 0.2) is 17.3 Å². The maximum absolute atomic E-state index is 11.9. The zero-order valence-electron chi connectivity index (χ0n) is 10.4. The number of amides is 1. The van der Waals surface area contributed by atoms with Crippen LogP contribution < -0.4 is 5.32 Å². The summed E-state index contributed by atoms with van der Waals surface area (Å²) in [6.45, 7) is 0.229. The fourth-order valence-electron chi connectivity index (χ4n) is 1.46. The summed E-state index contributed by atoms with van der Waals surface area (Å²) in [6, 6.07) is 3.40. The lowest BCUT2D eigenvalue weighted by molar-refractivity contribution is 0.101. The molecule has 0 bridgehead atoms. The monoisotopic (exact) mass is 261 g/mol. The Hall–Kier alpha value is -2.66. The molecule has 0 radical (unpaired) electrons. The van der Waals surface area contributed by atoms with Gasteiger partial charge in [0.2, 0.25) is 0 Å². The van der Waals surface area contributed by atoms with Crippen molar-refractivity contribution in [2.45, 2.75) is 6.61 Å². The number of rotatable bonds is 4. The number of hydrogen-bond acceptors (Lipinski definition) is 6. The van der Waals surface area contributed by atoms with Crippen molar-refractivity contribution in [1.29, 1.82) is 5.26 Å². The van der Waals surface area contributed by atoms with Crippen LogP contribution in [0.5, 0.6) is 0 Å². The summed E-state index contributed by atoms with van der Waals surface area (Å²) in [4.78, 5) is 11.9. The number of aromatic nitrogens is 3. The molecule has 0 aliphatic rings. The topological polar surface area (TPSA) is 106 Å². The Balaban J connectivity index is 2.14. The molecule has 98 valence electrons. The van der Waals surface area contributed by atoms with Gasteiger partial charge in [0.25, 0.3) is 5.91 Å². The second kappa shape index (κ2) is 5.32. The Morgan fingerprint density at radius 3 is 3.16 bits per heavy atom. The normalized spacial score (nSPS) is 10.2. The van der Waals surface area contributed by atoms with Gasteiger partial charge in [0, 0.05) is 26.4 Å². The van der Waals surface area contributed by atoms with Crippen molar-refractivity contribution in [2.75, 3.05) is 12.4 Å². The average Bonchev–Trinajstić information content (AvgIpc) is 2.96. The van der Waals surface area contributed by atoms with Crippen molar-refractivity contribution < 1.29 is 14.1 Å². The molecule has 1 amide bonds. The number of hydrogen-bond donors (Lipinski definition) is 1. The van der Waals surface area contributed by atoms with E-state index in [1.54, 1.807) is 7.05 Å². The fraction of sp³-hybridized carbons (Fsp3) is 0.273. The first-order valence-electron chi connectivity index (χ1n) is 5.33. The summed E-state index contributed by atoms with van der Waals surface area (Å²) in [5.74, 6) is 0.127. The molecule has 0 atom stereocenters. The molecule has 2 aromatic rings. The lowest BCUT2D eigenvalue weighted by atomic mass is 10.3. The SMILES string of the molecule is COCc1cc(C(=O)Nc2nn(C)cc2C#N)no1. The number of nitriles is 1. The minimum absolute atomic E-state index is 0.0987. The number of aryl methyl sites for hydroxylation is 1. The molecule has 0 unspecified atom stereocenters. The smallest absolute Gasteiger partial charge is 0.279 e. The van der Waals surface area contributed by atoms with Crippen LogP contribution >= 0.6 is 0 Å². The molecule has 0 saturated heterocycles. The summed E-state index contributed by atoms with van der Waals surface area (Å²) < 4.78 is 11.2. The first kappa shape index (κ1) is 12.8. The van der Waals surface area contributed by atoms with Crippen LogP contribution in [0.15, 0.2) is 16.8 Å². The van der Waals surface area contributed by atoms with Gasteiger partial charge in [-0.25, -0.2) is 0 Å². The van der Waals surface area contributed by atoms with E-state index in [2.05, 4.69) is 15.6 Å². The lowest BCUT2D eigenvalue weighted by Crippen LogP contribution is -2.13. The molecule has 0 aromatic carbocycles. The molecule has 0 aliphatic heterocycles.